The maximum absolute atomic E-state index is 11.7. The lowest BCUT2D eigenvalue weighted by Gasteiger charge is -2.16. The fraction of sp³-hybridized carbons (Fsp3) is 0.467. The van der Waals surface area contributed by atoms with Crippen LogP contribution in [0.3, 0.4) is 0 Å². The van der Waals surface area contributed by atoms with Crippen LogP contribution in [-0.2, 0) is 11.3 Å². The topological polar surface area (TPSA) is 61.4 Å². The van der Waals surface area contributed by atoms with Crippen LogP contribution in [0.4, 0.5) is 4.79 Å². The molecule has 0 saturated heterocycles. The average Bonchev–Trinajstić information content (AvgIpc) is 2.38. The van der Waals surface area contributed by atoms with E-state index in [9.17, 15) is 9.59 Å². The van der Waals surface area contributed by atoms with Gasteiger partial charge in [0.05, 0.1) is 6.54 Å². The van der Waals surface area contributed by atoms with Crippen LogP contribution in [0.5, 0.6) is 0 Å². The van der Waals surface area contributed by atoms with Gasteiger partial charge in [0.25, 0.3) is 0 Å². The maximum atomic E-state index is 11.7. The zero-order chi connectivity index (χ0) is 15.8. The highest BCUT2D eigenvalue weighted by molar-refractivity contribution is 6.30. The number of imide groups is 1. The molecule has 3 amide bonds. The summed E-state index contributed by atoms with van der Waals surface area (Å²) < 4.78 is 0. The van der Waals surface area contributed by atoms with E-state index in [4.69, 9.17) is 11.6 Å². The number of carbonyl (C=O) groups excluding carboxylic acids is 2. The molecule has 1 aromatic rings. The maximum Gasteiger partial charge on any atom is 0.321 e. The molecule has 0 spiro atoms. The van der Waals surface area contributed by atoms with Gasteiger partial charge in [-0.15, -0.1) is 0 Å². The Morgan fingerprint density at radius 3 is 2.43 bits per heavy atom. The molecule has 0 unspecified atom stereocenters. The van der Waals surface area contributed by atoms with Gasteiger partial charge in [0.15, 0.2) is 0 Å². The second-order valence-electron chi connectivity index (χ2n) is 5.45. The molecule has 0 bridgehead atoms. The fourth-order valence-electron chi connectivity index (χ4n) is 1.71. The number of benzene rings is 1. The molecular weight excluding hydrogens is 290 g/mol. The van der Waals surface area contributed by atoms with Crippen molar-refractivity contribution < 1.29 is 9.59 Å². The Morgan fingerprint density at radius 1 is 1.24 bits per heavy atom. The lowest BCUT2D eigenvalue weighted by Crippen LogP contribution is -2.44. The van der Waals surface area contributed by atoms with Crippen LogP contribution in [-0.4, -0.2) is 37.0 Å². The van der Waals surface area contributed by atoms with Crippen LogP contribution in [0.15, 0.2) is 24.3 Å². The number of halogens is 1. The highest BCUT2D eigenvalue weighted by Gasteiger charge is 2.10. The number of rotatable bonds is 6. The van der Waals surface area contributed by atoms with Gasteiger partial charge in [-0.3, -0.25) is 15.0 Å². The van der Waals surface area contributed by atoms with Gasteiger partial charge < -0.3 is 5.32 Å². The average molecular weight is 312 g/mol. The summed E-state index contributed by atoms with van der Waals surface area (Å²) in [4.78, 5) is 25.0. The van der Waals surface area contributed by atoms with Crippen LogP contribution in [0.2, 0.25) is 5.02 Å². The monoisotopic (exact) mass is 311 g/mol. The predicted octanol–water partition coefficient (Wildman–Crippen LogP) is 2.25. The molecule has 5 nitrogen and oxygen atoms in total. The Balaban J connectivity index is 2.33. The van der Waals surface area contributed by atoms with Crippen LogP contribution in [0, 0.1) is 5.92 Å². The van der Waals surface area contributed by atoms with E-state index < -0.39 is 6.03 Å². The van der Waals surface area contributed by atoms with Crippen LogP contribution in [0.1, 0.15) is 19.4 Å². The van der Waals surface area contributed by atoms with Crippen LogP contribution < -0.4 is 10.6 Å². The first-order valence-electron chi connectivity index (χ1n) is 6.87. The molecule has 0 atom stereocenters. The molecule has 0 fully saturated rings. The van der Waals surface area contributed by atoms with Gasteiger partial charge in [-0.25, -0.2) is 4.79 Å². The molecule has 21 heavy (non-hydrogen) atoms. The van der Waals surface area contributed by atoms with Gasteiger partial charge in [-0.2, -0.15) is 0 Å². The minimum absolute atomic E-state index is 0.151. The smallest absolute Gasteiger partial charge is 0.321 e. The molecule has 0 radical (unpaired) electrons. The standard InChI is InChI=1S/C15H22ClN3O2/c1-11(2)8-17-15(21)18-14(20)10-19(3)9-12-4-6-13(16)7-5-12/h4-7,11H,8-10H2,1-3H3,(H2,17,18,20,21). The molecular formula is C15H22ClN3O2. The SMILES string of the molecule is CC(C)CNC(=O)NC(=O)CN(C)Cc1ccc(Cl)cc1. The van der Waals surface area contributed by atoms with Crippen molar-refractivity contribution in [2.45, 2.75) is 20.4 Å². The minimum Gasteiger partial charge on any atom is -0.338 e. The third-order valence-corrected chi connectivity index (χ3v) is 2.96. The van der Waals surface area contributed by atoms with E-state index in [2.05, 4.69) is 10.6 Å². The minimum atomic E-state index is -0.450. The van der Waals surface area contributed by atoms with Gasteiger partial charge >= 0.3 is 6.03 Å². The van der Waals surface area contributed by atoms with Crippen molar-refractivity contribution >= 4 is 23.5 Å². The normalized spacial score (nSPS) is 10.8. The molecule has 0 aliphatic heterocycles. The zero-order valence-electron chi connectivity index (χ0n) is 12.6. The molecule has 0 aliphatic carbocycles. The van der Waals surface area contributed by atoms with E-state index in [1.54, 1.807) is 0 Å². The summed E-state index contributed by atoms with van der Waals surface area (Å²) in [5.41, 5.74) is 1.05. The molecule has 0 heterocycles. The van der Waals surface area contributed by atoms with Crippen molar-refractivity contribution in [2.24, 2.45) is 5.92 Å². The Hall–Kier alpha value is -1.59. The number of nitrogens with zero attached hydrogens (tertiary/aromatic N) is 1. The van der Waals surface area contributed by atoms with Crippen molar-refractivity contribution in [3.05, 3.63) is 34.9 Å². The number of carbonyl (C=O) groups is 2. The summed E-state index contributed by atoms with van der Waals surface area (Å²) in [5, 5.41) is 5.63. The lowest BCUT2D eigenvalue weighted by atomic mass is 10.2. The first kappa shape index (κ1) is 17.5. The Morgan fingerprint density at radius 2 is 1.86 bits per heavy atom. The third-order valence-electron chi connectivity index (χ3n) is 2.70. The van der Waals surface area contributed by atoms with E-state index in [1.807, 2.05) is 50.1 Å². The summed E-state index contributed by atoms with van der Waals surface area (Å²) in [7, 11) is 1.82. The molecule has 2 N–H and O–H groups in total. The molecule has 0 aliphatic rings. The van der Waals surface area contributed by atoms with Crippen molar-refractivity contribution in [3.63, 3.8) is 0 Å². The Labute approximate surface area is 130 Å². The van der Waals surface area contributed by atoms with Crippen molar-refractivity contribution in [2.75, 3.05) is 20.1 Å². The molecule has 1 aromatic carbocycles. The van der Waals surface area contributed by atoms with E-state index >= 15 is 0 Å². The van der Waals surface area contributed by atoms with Crippen LogP contribution in [0.25, 0.3) is 0 Å². The zero-order valence-corrected chi connectivity index (χ0v) is 13.4. The van der Waals surface area contributed by atoms with Crippen molar-refractivity contribution in [1.29, 1.82) is 0 Å². The third kappa shape index (κ3) is 7.68. The first-order valence-corrected chi connectivity index (χ1v) is 7.25. The number of hydrogen-bond donors (Lipinski definition) is 2. The molecule has 1 rings (SSSR count). The van der Waals surface area contributed by atoms with Crippen LogP contribution >= 0.6 is 11.6 Å². The summed E-state index contributed by atoms with van der Waals surface area (Å²) in [5.74, 6) is 0.0196. The largest absolute Gasteiger partial charge is 0.338 e. The summed E-state index contributed by atoms with van der Waals surface area (Å²) in [6, 6.07) is 6.99. The van der Waals surface area contributed by atoms with E-state index in [-0.39, 0.29) is 12.5 Å². The Kier molecular flexibility index (Phi) is 7.19. The van der Waals surface area contributed by atoms with E-state index in [0.717, 1.165) is 5.56 Å². The highest BCUT2D eigenvalue weighted by atomic mass is 35.5. The second-order valence-corrected chi connectivity index (χ2v) is 5.89. The highest BCUT2D eigenvalue weighted by Crippen LogP contribution is 2.10. The number of urea groups is 1. The van der Waals surface area contributed by atoms with Gasteiger partial charge in [0.2, 0.25) is 5.91 Å². The Bertz CT molecular complexity index is 474. The summed E-state index contributed by atoms with van der Waals surface area (Å²) in [6.45, 7) is 5.28. The second kappa shape index (κ2) is 8.64. The first-order chi connectivity index (χ1) is 9.86. The number of amides is 3. The summed E-state index contributed by atoms with van der Waals surface area (Å²) in [6.07, 6.45) is 0. The quantitative estimate of drug-likeness (QED) is 0.847. The molecule has 6 heteroatoms. The summed E-state index contributed by atoms with van der Waals surface area (Å²) >= 11 is 5.82. The number of nitrogens with one attached hydrogen (secondary N) is 2. The van der Waals surface area contributed by atoms with E-state index in [0.29, 0.717) is 24.0 Å². The van der Waals surface area contributed by atoms with Gasteiger partial charge in [-0.1, -0.05) is 37.6 Å². The van der Waals surface area contributed by atoms with Gasteiger partial charge in [0, 0.05) is 18.1 Å². The number of hydrogen-bond acceptors (Lipinski definition) is 3. The van der Waals surface area contributed by atoms with E-state index in [1.165, 1.54) is 0 Å². The van der Waals surface area contributed by atoms with Gasteiger partial charge in [0.1, 0.15) is 0 Å². The fourth-order valence-corrected chi connectivity index (χ4v) is 1.84. The molecule has 116 valence electrons. The number of likely N-dealkylation sites (N-methyl/N-ethyl adjacent to an activating group) is 1. The van der Waals surface area contributed by atoms with Gasteiger partial charge in [-0.05, 0) is 30.7 Å². The predicted molar refractivity (Wildman–Crippen MR) is 84.2 cm³/mol. The molecule has 0 aromatic heterocycles. The van der Waals surface area contributed by atoms with Crippen molar-refractivity contribution in [1.82, 2.24) is 15.5 Å². The molecule has 0 saturated carbocycles. The van der Waals surface area contributed by atoms with Crippen molar-refractivity contribution in [3.8, 4) is 0 Å². The lowest BCUT2D eigenvalue weighted by molar-refractivity contribution is -0.120.